The molecule has 0 aromatic heterocycles. The van der Waals surface area contributed by atoms with E-state index in [0.29, 0.717) is 6.04 Å². The molecular weight excluding hydrogens is 278 g/mol. The Morgan fingerprint density at radius 2 is 1.73 bits per heavy atom. The number of carbonyl (C=O) groups excluding carboxylic acids is 1. The summed E-state index contributed by atoms with van der Waals surface area (Å²) in [5.41, 5.74) is 1.80. The molecule has 0 unspecified atom stereocenters. The Bertz CT molecular complexity index is 549. The maximum atomic E-state index is 12.2. The molecule has 2 fully saturated rings. The van der Waals surface area contributed by atoms with Crippen molar-refractivity contribution in [3.8, 4) is 0 Å². The fourth-order valence-electron chi connectivity index (χ4n) is 3.93. The third kappa shape index (κ3) is 2.48. The number of anilines is 1. The minimum Gasteiger partial charge on any atom is -0.381 e. The van der Waals surface area contributed by atoms with Gasteiger partial charge in [0, 0.05) is 38.4 Å². The third-order valence-electron chi connectivity index (χ3n) is 5.13. The van der Waals surface area contributed by atoms with E-state index in [2.05, 4.69) is 10.2 Å². The Balaban J connectivity index is 1.42. The summed E-state index contributed by atoms with van der Waals surface area (Å²) in [6.45, 7) is 3.92. The lowest BCUT2D eigenvalue weighted by Gasteiger charge is -2.41. The highest BCUT2D eigenvalue weighted by atomic mass is 16.5. The first kappa shape index (κ1) is 14.0. The van der Waals surface area contributed by atoms with Crippen LogP contribution < -0.4 is 10.2 Å². The van der Waals surface area contributed by atoms with Crippen LogP contribution in [0.1, 0.15) is 25.7 Å². The van der Waals surface area contributed by atoms with Crippen molar-refractivity contribution in [2.75, 3.05) is 31.2 Å². The lowest BCUT2D eigenvalue weighted by molar-refractivity contribution is 0.0254. The van der Waals surface area contributed by atoms with Crippen molar-refractivity contribution < 1.29 is 9.53 Å². The number of hydrogen-bond donors (Lipinski definition) is 0. The molecule has 3 aliphatic rings. The Labute approximate surface area is 131 Å². The standard InChI is InChI=1S/C17H22N3O2/c21-17-18-15-3-1-2-4-16(15)20(17)14-5-9-19(10-6-14)13-7-11-22-12-8-13/h1-4,13-14H,5-12H2. The van der Waals surface area contributed by atoms with Gasteiger partial charge < -0.3 is 9.64 Å². The summed E-state index contributed by atoms with van der Waals surface area (Å²) in [6.07, 6.45) is 4.36. The normalized spacial score (nSPS) is 24.4. The first-order valence-electron chi connectivity index (χ1n) is 8.29. The molecule has 117 valence electrons. The molecule has 5 nitrogen and oxygen atoms in total. The zero-order chi connectivity index (χ0) is 14.9. The van der Waals surface area contributed by atoms with Crippen molar-refractivity contribution in [1.29, 1.82) is 0 Å². The number of likely N-dealkylation sites (tertiary alicyclic amines) is 1. The monoisotopic (exact) mass is 300 g/mol. The molecule has 0 aliphatic carbocycles. The number of carbonyl (C=O) groups is 1. The van der Waals surface area contributed by atoms with Crippen molar-refractivity contribution in [1.82, 2.24) is 10.2 Å². The topological polar surface area (TPSA) is 46.9 Å². The zero-order valence-electron chi connectivity index (χ0n) is 12.8. The summed E-state index contributed by atoms with van der Waals surface area (Å²) < 4.78 is 5.45. The van der Waals surface area contributed by atoms with Crippen molar-refractivity contribution in [3.63, 3.8) is 0 Å². The van der Waals surface area contributed by atoms with Crippen molar-refractivity contribution in [2.45, 2.75) is 37.8 Å². The van der Waals surface area contributed by atoms with Crippen LogP contribution >= 0.6 is 0 Å². The van der Waals surface area contributed by atoms with Gasteiger partial charge in [-0.2, -0.15) is 5.32 Å². The molecule has 22 heavy (non-hydrogen) atoms. The van der Waals surface area contributed by atoms with Gasteiger partial charge in [-0.05, 0) is 37.8 Å². The summed E-state index contributed by atoms with van der Waals surface area (Å²) in [4.78, 5) is 16.7. The van der Waals surface area contributed by atoms with E-state index in [4.69, 9.17) is 4.74 Å². The van der Waals surface area contributed by atoms with Gasteiger partial charge in [-0.25, -0.2) is 4.79 Å². The highest BCUT2D eigenvalue weighted by Gasteiger charge is 2.37. The molecule has 0 spiro atoms. The number of piperidine rings is 1. The van der Waals surface area contributed by atoms with E-state index in [1.54, 1.807) is 0 Å². The van der Waals surface area contributed by atoms with Crippen molar-refractivity contribution in [3.05, 3.63) is 24.3 Å². The van der Waals surface area contributed by atoms with Gasteiger partial charge in [-0.1, -0.05) is 12.1 Å². The Morgan fingerprint density at radius 1 is 1.00 bits per heavy atom. The highest BCUT2D eigenvalue weighted by molar-refractivity contribution is 6.04. The van der Waals surface area contributed by atoms with Crippen molar-refractivity contribution in [2.24, 2.45) is 0 Å². The predicted molar refractivity (Wildman–Crippen MR) is 84.5 cm³/mol. The Morgan fingerprint density at radius 3 is 2.50 bits per heavy atom. The number of rotatable bonds is 2. The lowest BCUT2D eigenvalue weighted by Crippen LogP contribution is -2.50. The average molecular weight is 300 g/mol. The minimum absolute atomic E-state index is 0.0919. The summed E-state index contributed by atoms with van der Waals surface area (Å²) in [7, 11) is 0. The molecule has 0 N–H and O–H groups in total. The molecule has 3 aliphatic heterocycles. The largest absolute Gasteiger partial charge is 0.381 e. The number of amides is 2. The van der Waals surface area contributed by atoms with Crippen LogP contribution in [0.4, 0.5) is 16.2 Å². The second-order valence-corrected chi connectivity index (χ2v) is 6.36. The maximum absolute atomic E-state index is 12.2. The average Bonchev–Trinajstić information content (AvgIpc) is 2.91. The molecule has 0 bridgehead atoms. The first-order chi connectivity index (χ1) is 10.8. The molecule has 2 amide bonds. The number of para-hydroxylation sites is 2. The van der Waals surface area contributed by atoms with Crippen LogP contribution in [-0.4, -0.2) is 49.3 Å². The number of benzene rings is 1. The molecule has 5 heteroatoms. The number of nitrogens with zero attached hydrogens (tertiary/aromatic N) is 3. The van der Waals surface area contributed by atoms with E-state index in [1.165, 1.54) is 0 Å². The van der Waals surface area contributed by atoms with Crippen LogP contribution in [0.3, 0.4) is 0 Å². The summed E-state index contributed by atoms with van der Waals surface area (Å²) in [6, 6.07) is 8.71. The third-order valence-corrected chi connectivity index (χ3v) is 5.13. The molecule has 0 saturated carbocycles. The molecule has 2 saturated heterocycles. The SMILES string of the molecule is O=C1[N]c2ccccc2N1C1CCN(C2CCOCC2)CC1. The second kappa shape index (κ2) is 5.89. The fourth-order valence-corrected chi connectivity index (χ4v) is 3.93. The van der Waals surface area contributed by atoms with Crippen LogP contribution in [0.25, 0.3) is 0 Å². The molecule has 0 atom stereocenters. The van der Waals surface area contributed by atoms with Gasteiger partial charge in [0.1, 0.15) is 0 Å². The molecule has 4 rings (SSSR count). The number of fused-ring (bicyclic) bond motifs is 1. The van der Waals surface area contributed by atoms with E-state index in [0.717, 1.165) is 63.4 Å². The van der Waals surface area contributed by atoms with E-state index < -0.39 is 0 Å². The highest BCUT2D eigenvalue weighted by Crippen LogP contribution is 2.36. The summed E-state index contributed by atoms with van der Waals surface area (Å²) >= 11 is 0. The van der Waals surface area contributed by atoms with Gasteiger partial charge >= 0.3 is 6.03 Å². The zero-order valence-corrected chi connectivity index (χ0v) is 12.8. The first-order valence-corrected chi connectivity index (χ1v) is 8.29. The minimum atomic E-state index is -0.0919. The van der Waals surface area contributed by atoms with Crippen LogP contribution in [0.5, 0.6) is 0 Å². The summed E-state index contributed by atoms with van der Waals surface area (Å²) in [5.74, 6) is 0. The van der Waals surface area contributed by atoms with Gasteiger partial charge in [-0.3, -0.25) is 4.90 Å². The number of urea groups is 1. The van der Waals surface area contributed by atoms with E-state index in [1.807, 2.05) is 29.2 Å². The quantitative estimate of drug-likeness (QED) is 0.843. The second-order valence-electron chi connectivity index (χ2n) is 6.36. The van der Waals surface area contributed by atoms with Crippen LogP contribution in [0.2, 0.25) is 0 Å². The molecule has 3 heterocycles. The fraction of sp³-hybridized carbons (Fsp3) is 0.588. The molecule has 1 aromatic carbocycles. The predicted octanol–water partition coefficient (Wildman–Crippen LogP) is 2.51. The van der Waals surface area contributed by atoms with Crippen LogP contribution in [0.15, 0.2) is 24.3 Å². The van der Waals surface area contributed by atoms with Crippen LogP contribution in [0, 0.1) is 0 Å². The Hall–Kier alpha value is -1.59. The van der Waals surface area contributed by atoms with Gasteiger partial charge in [0.15, 0.2) is 0 Å². The van der Waals surface area contributed by atoms with E-state index in [-0.39, 0.29) is 12.1 Å². The van der Waals surface area contributed by atoms with E-state index in [9.17, 15) is 4.79 Å². The van der Waals surface area contributed by atoms with Gasteiger partial charge in [0.2, 0.25) is 0 Å². The molecule has 1 radical (unpaired) electrons. The van der Waals surface area contributed by atoms with Gasteiger partial charge in [0.05, 0.1) is 11.4 Å². The van der Waals surface area contributed by atoms with Crippen molar-refractivity contribution >= 4 is 17.4 Å². The Kier molecular flexibility index (Phi) is 3.76. The van der Waals surface area contributed by atoms with Gasteiger partial charge in [-0.15, -0.1) is 0 Å². The summed E-state index contributed by atoms with van der Waals surface area (Å²) in [5, 5.41) is 4.17. The van der Waals surface area contributed by atoms with Crippen LogP contribution in [-0.2, 0) is 4.74 Å². The molecular formula is C17H22N3O2. The van der Waals surface area contributed by atoms with E-state index >= 15 is 0 Å². The number of ether oxygens (including phenoxy) is 1. The lowest BCUT2D eigenvalue weighted by atomic mass is 9.98. The maximum Gasteiger partial charge on any atom is 0.348 e. The van der Waals surface area contributed by atoms with Gasteiger partial charge in [0.25, 0.3) is 0 Å². The smallest absolute Gasteiger partial charge is 0.348 e. The molecule has 1 aromatic rings. The number of hydrogen-bond acceptors (Lipinski definition) is 3.